The van der Waals surface area contributed by atoms with Gasteiger partial charge in [0.15, 0.2) is 5.76 Å². The first-order chi connectivity index (χ1) is 13.0. The van der Waals surface area contributed by atoms with E-state index in [1.807, 2.05) is 30.3 Å². The second-order valence-corrected chi connectivity index (χ2v) is 7.45. The number of sulfonamides is 1. The van der Waals surface area contributed by atoms with Crippen LogP contribution in [0.15, 0.2) is 64.0 Å². The van der Waals surface area contributed by atoms with E-state index < -0.39 is 10.0 Å². The minimum atomic E-state index is -3.73. The van der Waals surface area contributed by atoms with Crippen LogP contribution in [0.1, 0.15) is 5.69 Å². The topological polar surface area (TPSA) is 90.7 Å². The number of methoxy groups -OCH3 is 2. The SMILES string of the molecule is COc1ccc(S(=O)(=O)NCCc2cc(-c3ccccc3)on2)c(OC)c1. The third-order valence-corrected chi connectivity index (χ3v) is 5.45. The van der Waals surface area contributed by atoms with Crippen LogP contribution in [-0.4, -0.2) is 34.3 Å². The van der Waals surface area contributed by atoms with Crippen molar-refractivity contribution >= 4 is 10.0 Å². The van der Waals surface area contributed by atoms with Gasteiger partial charge >= 0.3 is 0 Å². The van der Waals surface area contributed by atoms with Crippen LogP contribution in [-0.2, 0) is 16.4 Å². The van der Waals surface area contributed by atoms with Gasteiger partial charge in [-0.25, -0.2) is 13.1 Å². The van der Waals surface area contributed by atoms with Crippen LogP contribution in [0.3, 0.4) is 0 Å². The lowest BCUT2D eigenvalue weighted by Crippen LogP contribution is -2.26. The van der Waals surface area contributed by atoms with E-state index >= 15 is 0 Å². The normalized spacial score (nSPS) is 11.3. The zero-order valence-electron chi connectivity index (χ0n) is 15.0. The second kappa shape index (κ2) is 8.24. The van der Waals surface area contributed by atoms with E-state index in [1.54, 1.807) is 12.1 Å². The highest BCUT2D eigenvalue weighted by Gasteiger charge is 2.20. The highest BCUT2D eigenvalue weighted by molar-refractivity contribution is 7.89. The summed E-state index contributed by atoms with van der Waals surface area (Å²) >= 11 is 0. The molecule has 0 atom stereocenters. The van der Waals surface area contributed by atoms with Crippen LogP contribution < -0.4 is 14.2 Å². The van der Waals surface area contributed by atoms with Crippen LogP contribution in [0, 0.1) is 0 Å². The maximum absolute atomic E-state index is 12.6. The van der Waals surface area contributed by atoms with Crippen molar-refractivity contribution < 1.29 is 22.4 Å². The third-order valence-electron chi connectivity index (χ3n) is 3.95. The molecule has 1 N–H and O–H groups in total. The van der Waals surface area contributed by atoms with E-state index in [-0.39, 0.29) is 17.2 Å². The van der Waals surface area contributed by atoms with Gasteiger partial charge in [0, 0.05) is 30.7 Å². The number of nitrogens with zero attached hydrogens (tertiary/aromatic N) is 1. The number of aromatic nitrogens is 1. The Morgan fingerprint density at radius 3 is 2.52 bits per heavy atom. The molecule has 7 nitrogen and oxygen atoms in total. The lowest BCUT2D eigenvalue weighted by molar-refractivity contribution is 0.386. The Hall–Kier alpha value is -2.84. The highest BCUT2D eigenvalue weighted by atomic mass is 32.2. The van der Waals surface area contributed by atoms with Gasteiger partial charge in [-0.05, 0) is 12.1 Å². The van der Waals surface area contributed by atoms with E-state index in [2.05, 4.69) is 9.88 Å². The molecule has 8 heteroatoms. The van der Waals surface area contributed by atoms with Gasteiger partial charge in [0.1, 0.15) is 16.4 Å². The van der Waals surface area contributed by atoms with Gasteiger partial charge in [-0.1, -0.05) is 35.5 Å². The summed E-state index contributed by atoms with van der Waals surface area (Å²) in [6, 6.07) is 15.9. The molecule has 0 bridgehead atoms. The van der Waals surface area contributed by atoms with Gasteiger partial charge in [0.05, 0.1) is 19.9 Å². The van der Waals surface area contributed by atoms with Gasteiger partial charge < -0.3 is 14.0 Å². The van der Waals surface area contributed by atoms with E-state index in [0.717, 1.165) is 5.56 Å². The Morgan fingerprint density at radius 1 is 1.04 bits per heavy atom. The van der Waals surface area contributed by atoms with Gasteiger partial charge in [-0.2, -0.15) is 0 Å². The summed E-state index contributed by atoms with van der Waals surface area (Å²) in [7, 11) is -0.819. The molecule has 2 aromatic carbocycles. The van der Waals surface area contributed by atoms with E-state index in [9.17, 15) is 8.42 Å². The third kappa shape index (κ3) is 4.47. The Morgan fingerprint density at radius 2 is 1.81 bits per heavy atom. The summed E-state index contributed by atoms with van der Waals surface area (Å²) in [6.45, 7) is 0.179. The molecule has 1 heterocycles. The first kappa shape index (κ1) is 18.9. The number of rotatable bonds is 8. The number of hydrogen-bond donors (Lipinski definition) is 1. The maximum atomic E-state index is 12.6. The van der Waals surface area contributed by atoms with E-state index in [1.165, 1.54) is 26.4 Å². The smallest absolute Gasteiger partial charge is 0.244 e. The summed E-state index contributed by atoms with van der Waals surface area (Å²) in [5.41, 5.74) is 1.58. The van der Waals surface area contributed by atoms with Crippen molar-refractivity contribution in [3.8, 4) is 22.8 Å². The molecule has 0 amide bonds. The molecule has 1 aromatic heterocycles. The van der Waals surface area contributed by atoms with Crippen LogP contribution in [0.4, 0.5) is 0 Å². The first-order valence-electron chi connectivity index (χ1n) is 8.26. The maximum Gasteiger partial charge on any atom is 0.244 e. The molecular formula is C19H20N2O5S. The standard InChI is InChI=1S/C19H20N2O5S/c1-24-16-8-9-19(18(13-16)25-2)27(22,23)20-11-10-15-12-17(26-21-15)14-6-4-3-5-7-14/h3-9,12-13,20H,10-11H2,1-2H3. The Bertz CT molecular complexity index is 1000. The molecule has 142 valence electrons. The monoisotopic (exact) mass is 388 g/mol. The highest BCUT2D eigenvalue weighted by Crippen LogP contribution is 2.28. The van der Waals surface area contributed by atoms with Crippen LogP contribution in [0.2, 0.25) is 0 Å². The lowest BCUT2D eigenvalue weighted by atomic mass is 10.1. The quantitative estimate of drug-likeness (QED) is 0.638. The van der Waals surface area contributed by atoms with Crippen LogP contribution in [0.25, 0.3) is 11.3 Å². The number of hydrogen-bond acceptors (Lipinski definition) is 6. The van der Waals surface area contributed by atoms with Crippen LogP contribution >= 0.6 is 0 Å². The molecular weight excluding hydrogens is 368 g/mol. The van der Waals surface area contributed by atoms with Gasteiger partial charge in [0.2, 0.25) is 10.0 Å². The first-order valence-corrected chi connectivity index (χ1v) is 9.74. The summed E-state index contributed by atoms with van der Waals surface area (Å²) < 4.78 is 43.2. The van der Waals surface area contributed by atoms with E-state index in [0.29, 0.717) is 23.6 Å². The minimum Gasteiger partial charge on any atom is -0.497 e. The van der Waals surface area contributed by atoms with Gasteiger partial charge in [-0.15, -0.1) is 0 Å². The van der Waals surface area contributed by atoms with Crippen LogP contribution in [0.5, 0.6) is 11.5 Å². The van der Waals surface area contributed by atoms with E-state index in [4.69, 9.17) is 14.0 Å². The number of nitrogens with one attached hydrogen (secondary N) is 1. The average molecular weight is 388 g/mol. The fraction of sp³-hybridized carbons (Fsp3) is 0.211. The molecule has 0 radical (unpaired) electrons. The molecule has 0 aliphatic rings. The van der Waals surface area contributed by atoms with Crippen molar-refractivity contribution in [2.24, 2.45) is 0 Å². The van der Waals surface area contributed by atoms with Crippen molar-refractivity contribution in [1.82, 2.24) is 9.88 Å². The number of benzene rings is 2. The molecule has 0 saturated carbocycles. The summed E-state index contributed by atoms with van der Waals surface area (Å²) in [5, 5.41) is 3.99. The molecule has 3 rings (SSSR count). The zero-order chi connectivity index (χ0) is 19.3. The molecule has 0 aliphatic heterocycles. The molecule has 27 heavy (non-hydrogen) atoms. The molecule has 0 unspecified atom stereocenters. The van der Waals surface area contributed by atoms with Crippen molar-refractivity contribution in [1.29, 1.82) is 0 Å². The summed E-state index contributed by atoms with van der Waals surface area (Å²) in [6.07, 6.45) is 0.397. The Balaban J connectivity index is 1.66. The fourth-order valence-corrected chi connectivity index (χ4v) is 3.74. The Labute approximate surface area is 158 Å². The lowest BCUT2D eigenvalue weighted by Gasteiger charge is -2.11. The molecule has 0 saturated heterocycles. The zero-order valence-corrected chi connectivity index (χ0v) is 15.8. The van der Waals surface area contributed by atoms with Gasteiger partial charge in [0.25, 0.3) is 0 Å². The molecule has 0 aliphatic carbocycles. The van der Waals surface area contributed by atoms with Crippen molar-refractivity contribution in [2.45, 2.75) is 11.3 Å². The second-order valence-electron chi connectivity index (χ2n) is 5.71. The fourth-order valence-electron chi connectivity index (χ4n) is 2.56. The minimum absolute atomic E-state index is 0.0518. The van der Waals surface area contributed by atoms with Crippen molar-refractivity contribution in [3.05, 3.63) is 60.3 Å². The summed E-state index contributed by atoms with van der Waals surface area (Å²) in [4.78, 5) is 0.0518. The van der Waals surface area contributed by atoms with Crippen molar-refractivity contribution in [2.75, 3.05) is 20.8 Å². The van der Waals surface area contributed by atoms with Gasteiger partial charge in [-0.3, -0.25) is 0 Å². The molecule has 0 fully saturated rings. The average Bonchev–Trinajstić information content (AvgIpc) is 3.17. The number of ether oxygens (including phenoxy) is 2. The molecule has 0 spiro atoms. The predicted molar refractivity (Wildman–Crippen MR) is 100 cm³/mol. The largest absolute Gasteiger partial charge is 0.497 e. The van der Waals surface area contributed by atoms with Crippen molar-refractivity contribution in [3.63, 3.8) is 0 Å². The molecule has 3 aromatic rings. The Kier molecular flexibility index (Phi) is 5.78. The summed E-state index contributed by atoms with van der Waals surface area (Å²) in [5.74, 6) is 1.38. The predicted octanol–water partition coefficient (Wildman–Crippen LogP) is 2.88.